The molecule has 0 heterocycles. The van der Waals surface area contributed by atoms with Gasteiger partial charge in [0.15, 0.2) is 0 Å². The van der Waals surface area contributed by atoms with Crippen molar-refractivity contribution < 1.29 is 10.2 Å². The lowest BCUT2D eigenvalue weighted by atomic mass is 9.85. The van der Waals surface area contributed by atoms with Crippen LogP contribution in [0.1, 0.15) is 32.6 Å². The molecule has 1 aliphatic carbocycles. The van der Waals surface area contributed by atoms with Gasteiger partial charge in [-0.2, -0.15) is 0 Å². The minimum atomic E-state index is -0.501. The molecule has 9 heavy (non-hydrogen) atoms. The molecule has 0 atom stereocenters. The van der Waals surface area contributed by atoms with Crippen LogP contribution in [0.2, 0.25) is 0 Å². The van der Waals surface area contributed by atoms with Crippen molar-refractivity contribution in [2.45, 2.75) is 44.3 Å². The van der Waals surface area contributed by atoms with Gasteiger partial charge in [-0.15, -0.1) is 0 Å². The van der Waals surface area contributed by atoms with Gasteiger partial charge in [-0.1, -0.05) is 0 Å². The minimum Gasteiger partial charge on any atom is -0.393 e. The predicted octanol–water partition coefficient (Wildman–Crippen LogP) is 0.672. The fourth-order valence-corrected chi connectivity index (χ4v) is 1.22. The molecule has 1 saturated carbocycles. The van der Waals surface area contributed by atoms with Crippen molar-refractivity contribution in [2.24, 2.45) is 0 Å². The Morgan fingerprint density at radius 1 is 1.33 bits per heavy atom. The van der Waals surface area contributed by atoms with Crippen LogP contribution in [0, 0.1) is 0 Å². The summed E-state index contributed by atoms with van der Waals surface area (Å²) in [6.07, 6.45) is 2.84. The van der Waals surface area contributed by atoms with Gasteiger partial charge in [0.2, 0.25) is 0 Å². The molecule has 0 aromatic heterocycles. The van der Waals surface area contributed by atoms with E-state index in [-0.39, 0.29) is 6.10 Å². The maximum atomic E-state index is 9.38. The first-order valence-corrected chi connectivity index (χ1v) is 3.51. The van der Waals surface area contributed by atoms with Gasteiger partial charge in [0.25, 0.3) is 0 Å². The molecule has 1 aliphatic rings. The SMILES string of the molecule is C[C@]1(O)CC[C@H](O)CC1. The molecule has 0 bridgehead atoms. The number of aliphatic hydroxyl groups excluding tert-OH is 1. The van der Waals surface area contributed by atoms with Crippen LogP contribution in [0.3, 0.4) is 0 Å². The van der Waals surface area contributed by atoms with E-state index in [2.05, 4.69) is 0 Å². The zero-order valence-electron chi connectivity index (χ0n) is 5.80. The first-order valence-electron chi connectivity index (χ1n) is 3.51. The highest BCUT2D eigenvalue weighted by Gasteiger charge is 2.27. The summed E-state index contributed by atoms with van der Waals surface area (Å²) in [6, 6.07) is 0. The van der Waals surface area contributed by atoms with E-state index in [9.17, 15) is 5.11 Å². The molecule has 1 fully saturated rings. The van der Waals surface area contributed by atoms with Gasteiger partial charge in [-0.3, -0.25) is 0 Å². The summed E-state index contributed by atoms with van der Waals surface area (Å²) in [5, 5.41) is 18.4. The van der Waals surface area contributed by atoms with Crippen molar-refractivity contribution >= 4 is 0 Å². The monoisotopic (exact) mass is 130 g/mol. The standard InChI is InChI=1S/C7H14O2/c1-7(9)4-2-6(8)3-5-7/h6,8-9H,2-5H2,1H3/t6-,7-. The van der Waals surface area contributed by atoms with Crippen LogP contribution in [0.4, 0.5) is 0 Å². The molecule has 2 N–H and O–H groups in total. The van der Waals surface area contributed by atoms with Crippen LogP contribution >= 0.6 is 0 Å². The minimum absolute atomic E-state index is 0.162. The molecule has 0 aromatic rings. The van der Waals surface area contributed by atoms with Crippen LogP contribution in [-0.2, 0) is 0 Å². The molecule has 0 radical (unpaired) electrons. The van der Waals surface area contributed by atoms with E-state index in [1.54, 1.807) is 0 Å². The Labute approximate surface area is 55.5 Å². The van der Waals surface area contributed by atoms with Crippen molar-refractivity contribution in [3.8, 4) is 0 Å². The second-order valence-corrected chi connectivity index (χ2v) is 3.23. The van der Waals surface area contributed by atoms with Crippen molar-refractivity contribution in [1.29, 1.82) is 0 Å². The molecule has 0 saturated heterocycles. The molecule has 0 aromatic carbocycles. The molecule has 0 unspecified atom stereocenters. The third-order valence-electron chi connectivity index (χ3n) is 2.03. The Morgan fingerprint density at radius 3 is 2.11 bits per heavy atom. The third kappa shape index (κ3) is 1.95. The number of hydrogen-bond donors (Lipinski definition) is 2. The Hall–Kier alpha value is -0.0800. The van der Waals surface area contributed by atoms with Crippen LogP contribution < -0.4 is 0 Å². The normalized spacial score (nSPS) is 45.0. The molecular formula is C7H14O2. The van der Waals surface area contributed by atoms with Gasteiger partial charge in [-0.05, 0) is 32.6 Å². The van der Waals surface area contributed by atoms with Gasteiger partial charge in [0, 0.05) is 0 Å². The fourth-order valence-electron chi connectivity index (χ4n) is 1.22. The van der Waals surface area contributed by atoms with Crippen LogP contribution in [0.15, 0.2) is 0 Å². The van der Waals surface area contributed by atoms with Crippen molar-refractivity contribution in [2.75, 3.05) is 0 Å². The summed E-state index contributed by atoms with van der Waals surface area (Å²) in [4.78, 5) is 0. The van der Waals surface area contributed by atoms with Crippen LogP contribution in [0.5, 0.6) is 0 Å². The third-order valence-corrected chi connectivity index (χ3v) is 2.03. The molecule has 0 amide bonds. The lowest BCUT2D eigenvalue weighted by Gasteiger charge is -2.30. The van der Waals surface area contributed by atoms with Crippen molar-refractivity contribution in [3.63, 3.8) is 0 Å². The first-order chi connectivity index (χ1) is 4.10. The topological polar surface area (TPSA) is 40.5 Å². The van der Waals surface area contributed by atoms with Gasteiger partial charge >= 0.3 is 0 Å². The molecular weight excluding hydrogens is 116 g/mol. The van der Waals surface area contributed by atoms with Crippen molar-refractivity contribution in [3.05, 3.63) is 0 Å². The molecule has 2 heteroatoms. The average molecular weight is 130 g/mol. The van der Waals surface area contributed by atoms with E-state index >= 15 is 0 Å². The molecule has 0 aliphatic heterocycles. The van der Waals surface area contributed by atoms with Crippen LogP contribution in [0.25, 0.3) is 0 Å². The maximum absolute atomic E-state index is 9.38. The lowest BCUT2D eigenvalue weighted by molar-refractivity contribution is -0.0175. The number of hydrogen-bond acceptors (Lipinski definition) is 2. The van der Waals surface area contributed by atoms with E-state index in [1.807, 2.05) is 6.92 Å². The smallest absolute Gasteiger partial charge is 0.0621 e. The highest BCUT2D eigenvalue weighted by molar-refractivity contribution is 4.80. The fraction of sp³-hybridized carbons (Fsp3) is 1.00. The summed E-state index contributed by atoms with van der Waals surface area (Å²) >= 11 is 0. The Kier molecular flexibility index (Phi) is 1.78. The molecule has 0 spiro atoms. The highest BCUT2D eigenvalue weighted by atomic mass is 16.3. The predicted molar refractivity (Wildman–Crippen MR) is 35.1 cm³/mol. The second kappa shape index (κ2) is 2.27. The number of rotatable bonds is 0. The van der Waals surface area contributed by atoms with E-state index in [1.165, 1.54) is 0 Å². The largest absolute Gasteiger partial charge is 0.393 e. The zero-order valence-corrected chi connectivity index (χ0v) is 5.80. The van der Waals surface area contributed by atoms with E-state index in [0.717, 1.165) is 25.7 Å². The summed E-state index contributed by atoms with van der Waals surface area (Å²) in [7, 11) is 0. The Bertz CT molecular complexity index is 89.1. The average Bonchev–Trinajstić information content (AvgIpc) is 1.78. The summed E-state index contributed by atoms with van der Waals surface area (Å²) in [5.41, 5.74) is -0.501. The Morgan fingerprint density at radius 2 is 1.78 bits per heavy atom. The molecule has 2 nitrogen and oxygen atoms in total. The maximum Gasteiger partial charge on any atom is 0.0621 e. The van der Waals surface area contributed by atoms with Gasteiger partial charge in [0.1, 0.15) is 0 Å². The number of aliphatic hydroxyl groups is 2. The quantitative estimate of drug-likeness (QED) is 0.506. The van der Waals surface area contributed by atoms with E-state index < -0.39 is 5.60 Å². The van der Waals surface area contributed by atoms with Gasteiger partial charge in [-0.25, -0.2) is 0 Å². The summed E-state index contributed by atoms with van der Waals surface area (Å²) < 4.78 is 0. The second-order valence-electron chi connectivity index (χ2n) is 3.23. The first kappa shape index (κ1) is 7.03. The lowest BCUT2D eigenvalue weighted by Crippen LogP contribution is -2.32. The van der Waals surface area contributed by atoms with Crippen molar-refractivity contribution in [1.82, 2.24) is 0 Å². The zero-order chi connectivity index (χ0) is 6.91. The van der Waals surface area contributed by atoms with Crippen LogP contribution in [-0.4, -0.2) is 21.9 Å². The molecule has 1 rings (SSSR count). The molecule has 54 valence electrons. The van der Waals surface area contributed by atoms with E-state index in [0.29, 0.717) is 0 Å². The van der Waals surface area contributed by atoms with Gasteiger partial charge in [0.05, 0.1) is 11.7 Å². The van der Waals surface area contributed by atoms with Gasteiger partial charge < -0.3 is 10.2 Å². The van der Waals surface area contributed by atoms with E-state index in [4.69, 9.17) is 5.11 Å². The summed E-state index contributed by atoms with van der Waals surface area (Å²) in [6.45, 7) is 1.83. The highest BCUT2D eigenvalue weighted by Crippen LogP contribution is 2.27. The Balaban J connectivity index is 2.35. The summed E-state index contributed by atoms with van der Waals surface area (Å²) in [5.74, 6) is 0.